The summed E-state index contributed by atoms with van der Waals surface area (Å²) >= 11 is 0. The second-order valence-electron chi connectivity index (χ2n) is 7.13. The van der Waals surface area contributed by atoms with Crippen molar-refractivity contribution in [2.24, 2.45) is 0 Å². The van der Waals surface area contributed by atoms with Crippen molar-refractivity contribution in [2.75, 3.05) is 19.9 Å². The first-order chi connectivity index (χ1) is 14.7. The molecule has 3 heterocycles. The van der Waals surface area contributed by atoms with Crippen LogP contribution in [0.1, 0.15) is 17.3 Å². The lowest BCUT2D eigenvalue weighted by molar-refractivity contribution is -0.131. The molecular formula is C22H20N4O4. The molecule has 152 valence electrons. The fraction of sp³-hybridized carbons (Fsp3) is 0.227. The van der Waals surface area contributed by atoms with Crippen molar-refractivity contribution >= 4 is 12.0 Å². The average Bonchev–Trinajstić information content (AvgIpc) is 3.39. The minimum atomic E-state index is -0.0309. The number of ether oxygens (including phenoxy) is 3. The first kappa shape index (κ1) is 18.2. The van der Waals surface area contributed by atoms with Crippen LogP contribution in [-0.4, -0.2) is 45.7 Å². The minimum Gasteiger partial charge on any atom is -0.487 e. The number of hydrogen-bond donors (Lipinski definition) is 0. The smallest absolute Gasteiger partial charge is 0.246 e. The van der Waals surface area contributed by atoms with Gasteiger partial charge in [-0.05, 0) is 35.9 Å². The number of hydrogen-bond acceptors (Lipinski definition) is 6. The average molecular weight is 404 g/mol. The van der Waals surface area contributed by atoms with Crippen molar-refractivity contribution in [3.05, 3.63) is 72.1 Å². The van der Waals surface area contributed by atoms with Gasteiger partial charge >= 0.3 is 0 Å². The van der Waals surface area contributed by atoms with Gasteiger partial charge in [-0.25, -0.2) is 4.68 Å². The molecule has 1 amide bonds. The van der Waals surface area contributed by atoms with Gasteiger partial charge in [-0.1, -0.05) is 29.5 Å². The molecule has 1 aromatic heterocycles. The normalized spacial score (nSPS) is 15.4. The molecule has 2 aliphatic rings. The van der Waals surface area contributed by atoms with Gasteiger partial charge in [0.05, 0.1) is 12.2 Å². The Labute approximate surface area is 173 Å². The van der Waals surface area contributed by atoms with Crippen LogP contribution in [-0.2, 0) is 11.4 Å². The van der Waals surface area contributed by atoms with Gasteiger partial charge in [-0.15, -0.1) is 5.10 Å². The van der Waals surface area contributed by atoms with E-state index in [1.165, 1.54) is 0 Å². The fourth-order valence-electron chi connectivity index (χ4n) is 3.32. The van der Waals surface area contributed by atoms with Crippen molar-refractivity contribution in [1.29, 1.82) is 0 Å². The molecule has 8 heteroatoms. The number of fused-ring (bicyclic) bond motifs is 1. The zero-order chi connectivity index (χ0) is 20.3. The highest BCUT2D eigenvalue weighted by Gasteiger charge is 2.31. The fourth-order valence-corrected chi connectivity index (χ4v) is 3.32. The lowest BCUT2D eigenvalue weighted by Gasteiger charge is -2.38. The maximum atomic E-state index is 12.4. The Balaban J connectivity index is 1.12. The standard InChI is InChI=1S/C22H20N4O4/c27-22(9-7-16-6-8-20-21(10-16)30-15-29-20)25-12-18(13-25)26-11-17(23-24-26)14-28-19-4-2-1-3-5-19/h1-11,18H,12-15H2/b9-7+. The number of para-hydroxylation sites is 1. The summed E-state index contributed by atoms with van der Waals surface area (Å²) in [5, 5.41) is 8.33. The van der Waals surface area contributed by atoms with Gasteiger partial charge in [0.15, 0.2) is 11.5 Å². The number of amides is 1. The van der Waals surface area contributed by atoms with E-state index in [1.807, 2.05) is 54.7 Å². The second-order valence-corrected chi connectivity index (χ2v) is 7.13. The van der Waals surface area contributed by atoms with E-state index in [1.54, 1.807) is 21.7 Å². The van der Waals surface area contributed by atoms with E-state index in [4.69, 9.17) is 14.2 Å². The van der Waals surface area contributed by atoms with E-state index in [0.717, 1.165) is 22.8 Å². The number of carbonyl (C=O) groups excluding carboxylic acids is 1. The Hall–Kier alpha value is -3.81. The predicted octanol–water partition coefficient (Wildman–Crippen LogP) is 2.68. The van der Waals surface area contributed by atoms with Crippen LogP contribution in [0.5, 0.6) is 17.2 Å². The predicted molar refractivity (Wildman–Crippen MR) is 108 cm³/mol. The van der Waals surface area contributed by atoms with Crippen LogP contribution in [0.15, 0.2) is 60.8 Å². The summed E-state index contributed by atoms with van der Waals surface area (Å²) in [5.41, 5.74) is 1.65. The van der Waals surface area contributed by atoms with Crippen LogP contribution >= 0.6 is 0 Å². The molecule has 0 saturated carbocycles. The summed E-state index contributed by atoms with van der Waals surface area (Å²) in [4.78, 5) is 14.2. The van der Waals surface area contributed by atoms with Gasteiger partial charge in [-0.2, -0.15) is 0 Å². The number of benzene rings is 2. The highest BCUT2D eigenvalue weighted by molar-refractivity contribution is 5.92. The van der Waals surface area contributed by atoms with Crippen molar-refractivity contribution in [1.82, 2.24) is 19.9 Å². The highest BCUT2D eigenvalue weighted by atomic mass is 16.7. The molecule has 2 aliphatic heterocycles. The third-order valence-corrected chi connectivity index (χ3v) is 5.05. The van der Waals surface area contributed by atoms with Crippen LogP contribution < -0.4 is 14.2 Å². The molecule has 0 N–H and O–H groups in total. The summed E-state index contributed by atoms with van der Waals surface area (Å²) in [7, 11) is 0. The summed E-state index contributed by atoms with van der Waals surface area (Å²) in [6, 6.07) is 15.3. The highest BCUT2D eigenvalue weighted by Crippen LogP contribution is 2.32. The lowest BCUT2D eigenvalue weighted by Crippen LogP contribution is -2.50. The van der Waals surface area contributed by atoms with Gasteiger partial charge in [0, 0.05) is 19.2 Å². The summed E-state index contributed by atoms with van der Waals surface area (Å²) < 4.78 is 18.1. The molecule has 0 unspecified atom stereocenters. The van der Waals surface area contributed by atoms with E-state index >= 15 is 0 Å². The first-order valence-corrected chi connectivity index (χ1v) is 9.70. The van der Waals surface area contributed by atoms with Crippen LogP contribution in [0.4, 0.5) is 0 Å². The zero-order valence-electron chi connectivity index (χ0n) is 16.2. The molecule has 8 nitrogen and oxygen atoms in total. The van der Waals surface area contributed by atoms with Crippen molar-refractivity contribution in [3.63, 3.8) is 0 Å². The second kappa shape index (κ2) is 7.90. The molecule has 0 aliphatic carbocycles. The van der Waals surface area contributed by atoms with Gasteiger partial charge in [0.25, 0.3) is 0 Å². The van der Waals surface area contributed by atoms with Crippen molar-refractivity contribution in [2.45, 2.75) is 12.6 Å². The summed E-state index contributed by atoms with van der Waals surface area (Å²) in [6.45, 7) is 1.80. The molecule has 0 bridgehead atoms. The zero-order valence-corrected chi connectivity index (χ0v) is 16.2. The van der Waals surface area contributed by atoms with E-state index in [2.05, 4.69) is 10.3 Å². The third kappa shape index (κ3) is 3.84. The van der Waals surface area contributed by atoms with Crippen LogP contribution in [0.2, 0.25) is 0 Å². The van der Waals surface area contributed by atoms with Crippen molar-refractivity contribution in [3.8, 4) is 17.2 Å². The van der Waals surface area contributed by atoms with Gasteiger partial charge in [0.1, 0.15) is 18.1 Å². The van der Waals surface area contributed by atoms with E-state index in [9.17, 15) is 4.79 Å². The monoisotopic (exact) mass is 404 g/mol. The Morgan fingerprint density at radius 1 is 1.13 bits per heavy atom. The van der Waals surface area contributed by atoms with Gasteiger partial charge in [-0.3, -0.25) is 4.79 Å². The third-order valence-electron chi connectivity index (χ3n) is 5.05. The van der Waals surface area contributed by atoms with Crippen LogP contribution in [0.25, 0.3) is 6.08 Å². The Kier molecular flexibility index (Phi) is 4.80. The van der Waals surface area contributed by atoms with Crippen molar-refractivity contribution < 1.29 is 19.0 Å². The lowest BCUT2D eigenvalue weighted by atomic mass is 10.1. The molecule has 30 heavy (non-hydrogen) atoms. The minimum absolute atomic E-state index is 0.0309. The van der Waals surface area contributed by atoms with E-state index in [0.29, 0.717) is 25.4 Å². The van der Waals surface area contributed by atoms with E-state index in [-0.39, 0.29) is 18.7 Å². The molecule has 2 aromatic carbocycles. The Bertz CT molecular complexity index is 1070. The number of likely N-dealkylation sites (tertiary alicyclic amines) is 1. The Morgan fingerprint density at radius 2 is 1.97 bits per heavy atom. The molecule has 5 rings (SSSR count). The first-order valence-electron chi connectivity index (χ1n) is 9.70. The number of carbonyl (C=O) groups is 1. The van der Waals surface area contributed by atoms with Gasteiger partial charge in [0.2, 0.25) is 12.7 Å². The molecule has 0 atom stereocenters. The number of nitrogens with zero attached hydrogens (tertiary/aromatic N) is 4. The topological polar surface area (TPSA) is 78.7 Å². The maximum absolute atomic E-state index is 12.4. The largest absolute Gasteiger partial charge is 0.487 e. The molecular weight excluding hydrogens is 384 g/mol. The van der Waals surface area contributed by atoms with Gasteiger partial charge < -0.3 is 19.1 Å². The maximum Gasteiger partial charge on any atom is 0.246 e. The number of aromatic nitrogens is 3. The van der Waals surface area contributed by atoms with Crippen LogP contribution in [0, 0.1) is 0 Å². The summed E-state index contributed by atoms with van der Waals surface area (Å²) in [6.07, 6.45) is 5.23. The van der Waals surface area contributed by atoms with Crippen LogP contribution in [0.3, 0.4) is 0 Å². The molecule has 1 saturated heterocycles. The van der Waals surface area contributed by atoms with E-state index < -0.39 is 0 Å². The molecule has 3 aromatic rings. The number of rotatable bonds is 6. The summed E-state index contributed by atoms with van der Waals surface area (Å²) in [5.74, 6) is 2.19. The molecule has 0 spiro atoms. The SMILES string of the molecule is O=C(/C=C/c1ccc2c(c1)OCO2)N1CC(n2cc(COc3ccccc3)nn2)C1. The molecule has 0 radical (unpaired) electrons. The Morgan fingerprint density at radius 3 is 2.83 bits per heavy atom. The molecule has 1 fully saturated rings. The quantitative estimate of drug-likeness (QED) is 0.588.